The fourth-order valence-electron chi connectivity index (χ4n) is 2.53. The minimum Gasteiger partial charge on any atom is -0.384 e. The molecule has 0 saturated carbocycles. The Kier molecular flexibility index (Phi) is 5.38. The molecule has 2 unspecified atom stereocenters. The highest BCUT2D eigenvalue weighted by atomic mass is 16.5. The second kappa shape index (κ2) is 7.26. The minimum atomic E-state index is -0.153. The lowest BCUT2D eigenvalue weighted by atomic mass is 10.0. The molecule has 1 aromatic carbocycles. The maximum atomic E-state index is 12.3. The molecule has 1 saturated heterocycles. The summed E-state index contributed by atoms with van der Waals surface area (Å²) in [7, 11) is 0. The summed E-state index contributed by atoms with van der Waals surface area (Å²) >= 11 is 0. The molecule has 1 aromatic rings. The van der Waals surface area contributed by atoms with Crippen molar-refractivity contribution in [3.8, 4) is 11.8 Å². The number of carbonyl (C=O) groups is 1. The number of ether oxygens (including phenoxy) is 1. The van der Waals surface area contributed by atoms with E-state index in [9.17, 15) is 4.79 Å². The number of carbonyl (C=O) groups excluding carboxylic acids is 1. The van der Waals surface area contributed by atoms with Gasteiger partial charge in [0.05, 0.1) is 12.0 Å². The Morgan fingerprint density at radius 3 is 2.95 bits per heavy atom. The molecule has 0 radical (unpaired) electrons. The van der Waals surface area contributed by atoms with Gasteiger partial charge in [0.25, 0.3) is 0 Å². The topological polar surface area (TPSA) is 58.6 Å². The fraction of sp³-hybridized carbons (Fsp3) is 0.471. The number of benzene rings is 1. The number of hydrogen-bond donors (Lipinski definition) is 2. The van der Waals surface area contributed by atoms with E-state index in [2.05, 4.69) is 17.2 Å². The lowest BCUT2D eigenvalue weighted by Crippen LogP contribution is -2.28. The van der Waals surface area contributed by atoms with Crippen molar-refractivity contribution in [2.24, 2.45) is 5.92 Å². The number of nitrogens with one attached hydrogen (secondary N) is 1. The zero-order chi connectivity index (χ0) is 15.2. The zero-order valence-electron chi connectivity index (χ0n) is 12.5. The van der Waals surface area contributed by atoms with E-state index in [1.54, 1.807) is 0 Å². The van der Waals surface area contributed by atoms with Crippen molar-refractivity contribution in [1.29, 1.82) is 0 Å². The van der Waals surface area contributed by atoms with Gasteiger partial charge >= 0.3 is 0 Å². The van der Waals surface area contributed by atoms with Crippen LogP contribution in [0.5, 0.6) is 0 Å². The van der Waals surface area contributed by atoms with Gasteiger partial charge in [-0.3, -0.25) is 4.79 Å². The maximum absolute atomic E-state index is 12.3. The van der Waals surface area contributed by atoms with Crippen molar-refractivity contribution < 1.29 is 14.6 Å². The number of hydrogen-bond acceptors (Lipinski definition) is 3. The van der Waals surface area contributed by atoms with E-state index >= 15 is 0 Å². The van der Waals surface area contributed by atoms with Crippen LogP contribution in [0.15, 0.2) is 18.2 Å². The quantitative estimate of drug-likeness (QED) is 0.836. The van der Waals surface area contributed by atoms with Gasteiger partial charge in [0.2, 0.25) is 5.91 Å². The highest BCUT2D eigenvalue weighted by Crippen LogP contribution is 2.24. The highest BCUT2D eigenvalue weighted by Gasteiger charge is 2.30. The number of aliphatic hydroxyl groups excluding tert-OH is 1. The molecule has 1 fully saturated rings. The summed E-state index contributed by atoms with van der Waals surface area (Å²) in [6, 6.07) is 5.68. The molecule has 1 aliphatic heterocycles. The van der Waals surface area contributed by atoms with Gasteiger partial charge in [-0.15, -0.1) is 0 Å². The first-order valence-corrected chi connectivity index (χ1v) is 7.30. The van der Waals surface area contributed by atoms with Crippen LogP contribution in [0.2, 0.25) is 0 Å². The number of rotatable bonds is 3. The van der Waals surface area contributed by atoms with Crippen LogP contribution in [-0.4, -0.2) is 30.3 Å². The molecule has 0 bridgehead atoms. The normalized spacial score (nSPS) is 20.7. The summed E-state index contributed by atoms with van der Waals surface area (Å²) in [6.45, 7) is 4.47. The molecule has 4 nitrogen and oxygen atoms in total. The van der Waals surface area contributed by atoms with Gasteiger partial charge in [0.1, 0.15) is 6.61 Å². The molecule has 0 aliphatic carbocycles. The summed E-state index contributed by atoms with van der Waals surface area (Å²) in [5.41, 5.74) is 2.72. The molecule has 2 N–H and O–H groups in total. The van der Waals surface area contributed by atoms with Crippen LogP contribution in [0.1, 0.15) is 31.4 Å². The van der Waals surface area contributed by atoms with Crippen LogP contribution in [-0.2, 0) is 16.0 Å². The standard InChI is InChI=1S/C17H21NO3/c1-3-14-11-13(5-4-9-19)6-7-16(14)18-17(20)15-8-10-21-12(15)2/h6-7,11-12,15,19H,3,8-10H2,1-2H3,(H,18,20). The second-order valence-corrected chi connectivity index (χ2v) is 5.15. The van der Waals surface area contributed by atoms with E-state index in [1.807, 2.05) is 32.0 Å². The van der Waals surface area contributed by atoms with E-state index in [0.717, 1.165) is 29.7 Å². The Balaban J connectivity index is 2.14. The molecular weight excluding hydrogens is 266 g/mol. The molecule has 0 aromatic heterocycles. The third-order valence-electron chi connectivity index (χ3n) is 3.77. The number of anilines is 1. The Labute approximate surface area is 125 Å². The average molecular weight is 287 g/mol. The van der Waals surface area contributed by atoms with Crippen LogP contribution in [0.3, 0.4) is 0 Å². The first-order chi connectivity index (χ1) is 10.2. The summed E-state index contributed by atoms with van der Waals surface area (Å²) in [6.07, 6.45) is 1.56. The van der Waals surface area contributed by atoms with E-state index in [4.69, 9.17) is 9.84 Å². The number of aliphatic hydroxyl groups is 1. The highest BCUT2D eigenvalue weighted by molar-refractivity contribution is 5.93. The molecule has 1 heterocycles. The van der Waals surface area contributed by atoms with E-state index < -0.39 is 0 Å². The van der Waals surface area contributed by atoms with Gasteiger partial charge in [0.15, 0.2) is 0 Å². The lowest BCUT2D eigenvalue weighted by Gasteiger charge is -2.16. The summed E-state index contributed by atoms with van der Waals surface area (Å²) in [5.74, 6) is 5.44. The SMILES string of the molecule is CCc1cc(C#CCO)ccc1NC(=O)C1CCOC1C. The van der Waals surface area contributed by atoms with Crippen molar-refractivity contribution in [3.63, 3.8) is 0 Å². The molecular formula is C17H21NO3. The van der Waals surface area contributed by atoms with Crippen molar-refractivity contribution >= 4 is 11.6 Å². The van der Waals surface area contributed by atoms with E-state index in [-0.39, 0.29) is 24.5 Å². The minimum absolute atomic E-state index is 0.0175. The first kappa shape index (κ1) is 15.6. The fourth-order valence-corrected chi connectivity index (χ4v) is 2.53. The maximum Gasteiger partial charge on any atom is 0.230 e. The van der Waals surface area contributed by atoms with Crippen LogP contribution < -0.4 is 5.32 Å². The lowest BCUT2D eigenvalue weighted by molar-refractivity contribution is -0.121. The number of amides is 1. The van der Waals surface area contributed by atoms with E-state index in [1.165, 1.54) is 0 Å². The summed E-state index contributed by atoms with van der Waals surface area (Å²) in [5, 5.41) is 11.7. The molecule has 4 heteroatoms. The van der Waals surface area contributed by atoms with Gasteiger partial charge < -0.3 is 15.2 Å². The monoisotopic (exact) mass is 287 g/mol. The van der Waals surface area contributed by atoms with Crippen molar-refractivity contribution in [3.05, 3.63) is 29.3 Å². The average Bonchev–Trinajstić information content (AvgIpc) is 2.92. The van der Waals surface area contributed by atoms with Crippen LogP contribution in [0.4, 0.5) is 5.69 Å². The molecule has 2 rings (SSSR count). The van der Waals surface area contributed by atoms with Crippen molar-refractivity contribution in [2.45, 2.75) is 32.8 Å². The third kappa shape index (κ3) is 3.84. The largest absolute Gasteiger partial charge is 0.384 e. The van der Waals surface area contributed by atoms with E-state index in [0.29, 0.717) is 6.61 Å². The molecule has 2 atom stereocenters. The van der Waals surface area contributed by atoms with Crippen molar-refractivity contribution in [2.75, 3.05) is 18.5 Å². The van der Waals surface area contributed by atoms with Crippen molar-refractivity contribution in [1.82, 2.24) is 0 Å². The molecule has 21 heavy (non-hydrogen) atoms. The zero-order valence-corrected chi connectivity index (χ0v) is 12.5. The van der Waals surface area contributed by atoms with Gasteiger partial charge in [-0.2, -0.15) is 0 Å². The molecule has 112 valence electrons. The summed E-state index contributed by atoms with van der Waals surface area (Å²) in [4.78, 5) is 12.3. The number of aryl methyl sites for hydroxylation is 1. The second-order valence-electron chi connectivity index (χ2n) is 5.15. The predicted molar refractivity (Wildman–Crippen MR) is 81.9 cm³/mol. The van der Waals surface area contributed by atoms with Crippen LogP contribution >= 0.6 is 0 Å². The Morgan fingerprint density at radius 2 is 2.33 bits per heavy atom. The van der Waals surface area contributed by atoms with Crippen LogP contribution in [0.25, 0.3) is 0 Å². The Hall–Kier alpha value is -1.83. The molecule has 1 aliphatic rings. The molecule has 1 amide bonds. The Morgan fingerprint density at radius 1 is 1.52 bits per heavy atom. The van der Waals surface area contributed by atoms with Gasteiger partial charge in [-0.25, -0.2) is 0 Å². The van der Waals surface area contributed by atoms with Gasteiger partial charge in [-0.05, 0) is 43.5 Å². The third-order valence-corrected chi connectivity index (χ3v) is 3.77. The summed E-state index contributed by atoms with van der Waals surface area (Å²) < 4.78 is 5.44. The van der Waals surface area contributed by atoms with Crippen LogP contribution in [0, 0.1) is 17.8 Å². The smallest absolute Gasteiger partial charge is 0.230 e. The Bertz CT molecular complexity index is 571. The predicted octanol–water partition coefficient (Wildman–Crippen LogP) is 1.96. The first-order valence-electron chi connectivity index (χ1n) is 7.30. The molecule has 0 spiro atoms. The van der Waals surface area contributed by atoms with Gasteiger partial charge in [-0.1, -0.05) is 18.8 Å². The van der Waals surface area contributed by atoms with Gasteiger partial charge in [0, 0.05) is 17.9 Å².